The summed E-state index contributed by atoms with van der Waals surface area (Å²) >= 11 is 9.59. The molecule has 3 rings (SSSR count). The van der Waals surface area contributed by atoms with Crippen LogP contribution in [-0.4, -0.2) is 25.1 Å². The number of carbonyl (C=O) groups is 2. The average Bonchev–Trinajstić information content (AvgIpc) is 2.82. The zero-order chi connectivity index (χ0) is 25.5. The number of nitrogens with one attached hydrogen (secondary N) is 2. The molecule has 0 fully saturated rings. The molecule has 0 aromatic heterocycles. The van der Waals surface area contributed by atoms with E-state index in [-0.39, 0.29) is 6.61 Å². The molecule has 2 amide bonds. The molecular weight excluding hydrogens is 534 g/mol. The Hall–Kier alpha value is -3.36. The van der Waals surface area contributed by atoms with Gasteiger partial charge in [0.25, 0.3) is 0 Å². The van der Waals surface area contributed by atoms with Gasteiger partial charge in [-0.1, -0.05) is 27.5 Å². The SMILES string of the molecule is COc1ccc(/C=N/NC(=O)C(=O)Nc2ccc(Br)cc2C)cc1COc1cc(C)c(Cl)c(C)c1. The van der Waals surface area contributed by atoms with E-state index in [1.54, 1.807) is 31.4 Å². The van der Waals surface area contributed by atoms with Crippen LogP contribution < -0.4 is 20.2 Å². The lowest BCUT2D eigenvalue weighted by Crippen LogP contribution is -2.32. The van der Waals surface area contributed by atoms with E-state index in [2.05, 4.69) is 31.8 Å². The Bertz CT molecular complexity index is 1270. The van der Waals surface area contributed by atoms with Crippen LogP contribution in [0.2, 0.25) is 5.02 Å². The lowest BCUT2D eigenvalue weighted by Gasteiger charge is -2.13. The summed E-state index contributed by atoms with van der Waals surface area (Å²) in [5, 5.41) is 7.18. The van der Waals surface area contributed by atoms with E-state index in [0.29, 0.717) is 22.7 Å². The van der Waals surface area contributed by atoms with Crippen molar-refractivity contribution in [3.63, 3.8) is 0 Å². The summed E-state index contributed by atoms with van der Waals surface area (Å²) in [6, 6.07) is 14.5. The number of amides is 2. The quantitative estimate of drug-likeness (QED) is 0.221. The van der Waals surface area contributed by atoms with E-state index in [1.807, 2.05) is 45.0 Å². The topological polar surface area (TPSA) is 89.0 Å². The number of halogens is 2. The summed E-state index contributed by atoms with van der Waals surface area (Å²) in [6.45, 7) is 5.94. The second-order valence-electron chi connectivity index (χ2n) is 7.84. The van der Waals surface area contributed by atoms with Crippen molar-refractivity contribution in [1.29, 1.82) is 0 Å². The van der Waals surface area contributed by atoms with Gasteiger partial charge < -0.3 is 14.8 Å². The number of nitrogens with zero attached hydrogens (tertiary/aromatic N) is 1. The molecule has 0 aliphatic rings. The largest absolute Gasteiger partial charge is 0.496 e. The van der Waals surface area contributed by atoms with Crippen molar-refractivity contribution in [3.8, 4) is 11.5 Å². The molecule has 0 heterocycles. The van der Waals surface area contributed by atoms with Gasteiger partial charge in [-0.05, 0) is 91.6 Å². The highest BCUT2D eigenvalue weighted by atomic mass is 79.9. The van der Waals surface area contributed by atoms with Gasteiger partial charge >= 0.3 is 11.8 Å². The summed E-state index contributed by atoms with van der Waals surface area (Å²) in [6.07, 6.45) is 1.44. The van der Waals surface area contributed by atoms with Crippen molar-refractivity contribution in [2.75, 3.05) is 12.4 Å². The number of hydrogen-bond donors (Lipinski definition) is 2. The third kappa shape index (κ3) is 7.07. The Balaban J connectivity index is 1.63. The van der Waals surface area contributed by atoms with Crippen LogP contribution in [0.3, 0.4) is 0 Å². The molecule has 0 aliphatic carbocycles. The first kappa shape index (κ1) is 26.2. The first-order chi connectivity index (χ1) is 16.7. The Morgan fingerprint density at radius 2 is 1.71 bits per heavy atom. The zero-order valence-electron chi connectivity index (χ0n) is 19.7. The van der Waals surface area contributed by atoms with E-state index in [1.165, 1.54) is 6.21 Å². The minimum Gasteiger partial charge on any atom is -0.496 e. The van der Waals surface area contributed by atoms with E-state index in [4.69, 9.17) is 21.1 Å². The van der Waals surface area contributed by atoms with Crippen LogP contribution in [0, 0.1) is 20.8 Å². The summed E-state index contributed by atoms with van der Waals surface area (Å²) in [5.41, 5.74) is 6.95. The molecule has 3 aromatic rings. The molecule has 0 radical (unpaired) electrons. The zero-order valence-corrected chi connectivity index (χ0v) is 22.1. The third-order valence-electron chi connectivity index (χ3n) is 5.13. The second kappa shape index (κ2) is 11.9. The standard InChI is InChI=1S/C26H25BrClN3O4/c1-15-9-20(27)6-7-22(15)30-25(32)26(33)31-29-13-18-5-8-23(34-4)19(12-18)14-35-21-10-16(2)24(28)17(3)11-21/h5-13H,14H2,1-4H3,(H,30,32)(H,31,33)/b29-13+. The number of methoxy groups -OCH3 is 1. The molecule has 35 heavy (non-hydrogen) atoms. The normalized spacial score (nSPS) is 10.8. The van der Waals surface area contributed by atoms with Gasteiger partial charge in [-0.15, -0.1) is 0 Å². The number of rotatable bonds is 7. The minimum atomic E-state index is -0.880. The first-order valence-corrected chi connectivity index (χ1v) is 11.8. The van der Waals surface area contributed by atoms with E-state index < -0.39 is 11.8 Å². The minimum absolute atomic E-state index is 0.257. The molecular formula is C26H25BrClN3O4. The van der Waals surface area contributed by atoms with Gasteiger partial charge in [0.15, 0.2) is 0 Å². The molecule has 9 heteroatoms. The lowest BCUT2D eigenvalue weighted by atomic mass is 10.1. The Morgan fingerprint density at radius 3 is 2.37 bits per heavy atom. The van der Waals surface area contributed by atoms with Gasteiger partial charge in [-0.2, -0.15) is 5.10 Å². The molecule has 0 unspecified atom stereocenters. The molecule has 0 saturated carbocycles. The van der Waals surface area contributed by atoms with Crippen LogP contribution >= 0.6 is 27.5 Å². The maximum absolute atomic E-state index is 12.2. The van der Waals surface area contributed by atoms with Gasteiger partial charge in [0.05, 0.1) is 13.3 Å². The highest BCUT2D eigenvalue weighted by Gasteiger charge is 2.14. The molecule has 0 atom stereocenters. The summed E-state index contributed by atoms with van der Waals surface area (Å²) < 4.78 is 12.3. The highest BCUT2D eigenvalue weighted by Crippen LogP contribution is 2.28. The summed E-state index contributed by atoms with van der Waals surface area (Å²) in [5.74, 6) is -0.346. The van der Waals surface area contributed by atoms with Gasteiger partial charge in [0, 0.05) is 20.7 Å². The van der Waals surface area contributed by atoms with Crippen molar-refractivity contribution in [2.45, 2.75) is 27.4 Å². The lowest BCUT2D eigenvalue weighted by molar-refractivity contribution is -0.136. The molecule has 0 aliphatic heterocycles. The van der Waals surface area contributed by atoms with E-state index >= 15 is 0 Å². The number of anilines is 1. The first-order valence-electron chi connectivity index (χ1n) is 10.6. The monoisotopic (exact) mass is 557 g/mol. The Labute approximate surface area is 217 Å². The molecule has 0 saturated heterocycles. The molecule has 182 valence electrons. The fraction of sp³-hybridized carbons (Fsp3) is 0.192. The average molecular weight is 559 g/mol. The summed E-state index contributed by atoms with van der Waals surface area (Å²) in [7, 11) is 1.58. The highest BCUT2D eigenvalue weighted by molar-refractivity contribution is 9.10. The van der Waals surface area contributed by atoms with Crippen molar-refractivity contribution in [2.24, 2.45) is 5.10 Å². The van der Waals surface area contributed by atoms with Gasteiger partial charge in [0.1, 0.15) is 18.1 Å². The Kier molecular flexibility index (Phi) is 8.89. The third-order valence-corrected chi connectivity index (χ3v) is 6.22. The predicted molar refractivity (Wildman–Crippen MR) is 141 cm³/mol. The van der Waals surface area contributed by atoms with Crippen LogP contribution in [0.5, 0.6) is 11.5 Å². The summed E-state index contributed by atoms with van der Waals surface area (Å²) in [4.78, 5) is 24.3. The molecule has 3 aromatic carbocycles. The van der Waals surface area contributed by atoms with Gasteiger partial charge in [0.2, 0.25) is 0 Å². The molecule has 0 spiro atoms. The van der Waals surface area contributed by atoms with Crippen LogP contribution in [0.4, 0.5) is 5.69 Å². The predicted octanol–water partition coefficient (Wildman–Crippen LogP) is 5.70. The number of hydrogen-bond acceptors (Lipinski definition) is 5. The molecule has 2 N–H and O–H groups in total. The van der Waals surface area contributed by atoms with Crippen molar-refractivity contribution >= 4 is 51.2 Å². The number of carbonyl (C=O) groups excluding carboxylic acids is 2. The van der Waals surface area contributed by atoms with E-state index in [0.717, 1.165) is 31.7 Å². The fourth-order valence-corrected chi connectivity index (χ4v) is 3.89. The van der Waals surface area contributed by atoms with Crippen LogP contribution in [0.1, 0.15) is 27.8 Å². The van der Waals surface area contributed by atoms with Gasteiger partial charge in [-0.3, -0.25) is 9.59 Å². The maximum atomic E-state index is 12.2. The number of aryl methyl sites for hydroxylation is 3. The van der Waals surface area contributed by atoms with Crippen LogP contribution in [0.25, 0.3) is 0 Å². The number of benzene rings is 3. The second-order valence-corrected chi connectivity index (χ2v) is 9.14. The van der Waals surface area contributed by atoms with E-state index in [9.17, 15) is 9.59 Å². The van der Waals surface area contributed by atoms with Crippen molar-refractivity contribution < 1.29 is 19.1 Å². The Morgan fingerprint density at radius 1 is 1.00 bits per heavy atom. The van der Waals surface area contributed by atoms with Crippen molar-refractivity contribution in [1.82, 2.24) is 5.43 Å². The number of hydrazone groups is 1. The van der Waals surface area contributed by atoms with Gasteiger partial charge in [-0.25, -0.2) is 5.43 Å². The fourth-order valence-electron chi connectivity index (χ4n) is 3.30. The molecule has 7 nitrogen and oxygen atoms in total. The molecule has 0 bridgehead atoms. The van der Waals surface area contributed by atoms with Crippen molar-refractivity contribution in [3.05, 3.63) is 85.8 Å². The maximum Gasteiger partial charge on any atom is 0.329 e. The van der Waals surface area contributed by atoms with Crippen LogP contribution in [0.15, 0.2) is 58.1 Å². The van der Waals surface area contributed by atoms with Crippen LogP contribution in [-0.2, 0) is 16.2 Å². The smallest absolute Gasteiger partial charge is 0.329 e. The number of ether oxygens (including phenoxy) is 2.